The Balaban J connectivity index is 4.50. The van der Waals surface area contributed by atoms with Crippen LogP contribution in [0, 0.1) is 0 Å². The lowest BCUT2D eigenvalue weighted by Gasteiger charge is -2.18. The summed E-state index contributed by atoms with van der Waals surface area (Å²) in [5.41, 5.74) is 0. The zero-order valence-electron chi connectivity index (χ0n) is 47.9. The fraction of sp³-hybridized carbons (Fsp3) is 0.716. The number of carbonyl (C=O) groups excluding carboxylic acids is 3. The summed E-state index contributed by atoms with van der Waals surface area (Å²) >= 11 is 0. The zero-order valence-corrected chi connectivity index (χ0v) is 47.9. The van der Waals surface area contributed by atoms with Crippen LogP contribution in [0.2, 0.25) is 0 Å². The van der Waals surface area contributed by atoms with E-state index < -0.39 is 6.10 Å². The number of hydrogen-bond donors (Lipinski definition) is 0. The summed E-state index contributed by atoms with van der Waals surface area (Å²) in [4.78, 5) is 38.2. The summed E-state index contributed by atoms with van der Waals surface area (Å²) < 4.78 is 16.8. The van der Waals surface area contributed by atoms with Gasteiger partial charge in [0.2, 0.25) is 0 Å². The van der Waals surface area contributed by atoms with E-state index in [-0.39, 0.29) is 37.5 Å². The number of allylic oxidation sites excluding steroid dienone is 16. The van der Waals surface area contributed by atoms with Crippen LogP contribution >= 0.6 is 0 Å². The number of carbonyl (C=O) groups is 3. The average molecular weight is 1020 g/mol. The Morgan fingerprint density at radius 3 is 0.849 bits per heavy atom. The molecular weight excluding hydrogens is 901 g/mol. The van der Waals surface area contributed by atoms with Crippen LogP contribution in [-0.2, 0) is 28.6 Å². The Morgan fingerprint density at radius 2 is 0.507 bits per heavy atom. The van der Waals surface area contributed by atoms with Crippen molar-refractivity contribution in [3.05, 3.63) is 97.2 Å². The number of unbranched alkanes of at least 4 members (excludes halogenated alkanes) is 28. The molecule has 0 aliphatic carbocycles. The Bertz CT molecular complexity index is 1440. The van der Waals surface area contributed by atoms with Gasteiger partial charge in [-0.25, -0.2) is 0 Å². The zero-order chi connectivity index (χ0) is 52.9. The molecule has 0 aromatic heterocycles. The van der Waals surface area contributed by atoms with Crippen molar-refractivity contribution in [3.63, 3.8) is 0 Å². The van der Waals surface area contributed by atoms with Gasteiger partial charge in [-0.3, -0.25) is 14.4 Å². The van der Waals surface area contributed by atoms with E-state index in [1.54, 1.807) is 0 Å². The predicted molar refractivity (Wildman–Crippen MR) is 316 cm³/mol. The largest absolute Gasteiger partial charge is 0.462 e. The summed E-state index contributed by atoms with van der Waals surface area (Å²) in [5.74, 6) is -0.986. The first kappa shape index (κ1) is 69.3. The molecule has 0 saturated heterocycles. The maximum Gasteiger partial charge on any atom is 0.306 e. The van der Waals surface area contributed by atoms with Gasteiger partial charge in [0.1, 0.15) is 13.2 Å². The van der Waals surface area contributed by atoms with Crippen molar-refractivity contribution in [2.75, 3.05) is 13.2 Å². The fourth-order valence-electron chi connectivity index (χ4n) is 8.42. The van der Waals surface area contributed by atoms with E-state index in [0.717, 1.165) is 89.9 Å². The van der Waals surface area contributed by atoms with Crippen molar-refractivity contribution in [1.82, 2.24) is 0 Å². The van der Waals surface area contributed by atoms with E-state index in [1.165, 1.54) is 154 Å². The molecule has 0 amide bonds. The SMILES string of the molecule is CCCCC/C=C/C/C=C/C/C=C/C/C=C/CCCCCC(=O)OC[C@@H](COC(=O)CCC/C=C/C/C=C/C/C=C/C/C=C/CCCCC)OC(=O)CCCCCCCCCCCCCCCCCCCCC. The Morgan fingerprint density at radius 1 is 0.274 bits per heavy atom. The van der Waals surface area contributed by atoms with Gasteiger partial charge in [-0.05, 0) is 103 Å². The lowest BCUT2D eigenvalue weighted by atomic mass is 10.0. The second-order valence-electron chi connectivity index (χ2n) is 20.3. The van der Waals surface area contributed by atoms with E-state index in [1.807, 2.05) is 0 Å². The molecule has 0 N–H and O–H groups in total. The molecule has 0 aromatic rings. The van der Waals surface area contributed by atoms with Gasteiger partial charge in [-0.1, -0.05) is 266 Å². The molecule has 73 heavy (non-hydrogen) atoms. The summed E-state index contributed by atoms with van der Waals surface area (Å²) in [6, 6.07) is 0. The Hall–Kier alpha value is -3.67. The van der Waals surface area contributed by atoms with Crippen molar-refractivity contribution >= 4 is 17.9 Å². The van der Waals surface area contributed by atoms with Crippen molar-refractivity contribution in [2.45, 2.75) is 297 Å². The van der Waals surface area contributed by atoms with E-state index >= 15 is 0 Å². The molecule has 0 aliphatic heterocycles. The lowest BCUT2D eigenvalue weighted by Crippen LogP contribution is -2.30. The topological polar surface area (TPSA) is 78.9 Å². The Kier molecular flexibility index (Phi) is 57.8. The Labute approximate surface area is 451 Å². The van der Waals surface area contributed by atoms with Crippen molar-refractivity contribution in [1.29, 1.82) is 0 Å². The van der Waals surface area contributed by atoms with Crippen LogP contribution in [0.3, 0.4) is 0 Å². The molecule has 0 bridgehead atoms. The standard InChI is InChI=1S/C67H114O6/c1-4-7-10-13-16-19-22-25-28-31-33-36-39-42-45-48-51-54-57-60-66(69)72-63-64(62-71-65(68)59-56-53-50-47-44-41-38-35-30-27-24-21-18-15-12-9-6-3)73-67(70)61-58-55-52-49-46-43-40-37-34-32-29-26-23-20-17-14-11-8-5-2/h16,18-19,21,25,27-28,30,33,36,38,41-42,45,47,50,64H,4-15,17,20,22-24,26,29,31-32,34-35,37,39-40,43-44,46,48-49,51-63H2,1-3H3/b19-16+,21-18+,28-25+,30-27+,36-33+,41-38+,45-42+,50-47+/t64-/m1/s1. The van der Waals surface area contributed by atoms with Crippen molar-refractivity contribution in [2.24, 2.45) is 0 Å². The van der Waals surface area contributed by atoms with Crippen LogP contribution in [0.25, 0.3) is 0 Å². The average Bonchev–Trinajstić information content (AvgIpc) is 3.39. The highest BCUT2D eigenvalue weighted by Crippen LogP contribution is 2.16. The van der Waals surface area contributed by atoms with Gasteiger partial charge >= 0.3 is 17.9 Å². The third kappa shape index (κ3) is 59.1. The van der Waals surface area contributed by atoms with Crippen LogP contribution in [0.1, 0.15) is 290 Å². The van der Waals surface area contributed by atoms with Gasteiger partial charge in [0.05, 0.1) is 0 Å². The first-order chi connectivity index (χ1) is 36.0. The molecule has 1 atom stereocenters. The minimum absolute atomic E-state index is 0.110. The molecule has 0 radical (unpaired) electrons. The minimum Gasteiger partial charge on any atom is -0.462 e. The molecule has 0 fully saturated rings. The minimum atomic E-state index is -0.813. The third-order valence-electron chi connectivity index (χ3n) is 13.1. The summed E-state index contributed by atoms with van der Waals surface area (Å²) in [5, 5.41) is 0. The van der Waals surface area contributed by atoms with E-state index in [4.69, 9.17) is 14.2 Å². The normalized spacial score (nSPS) is 12.8. The molecule has 0 aromatic carbocycles. The predicted octanol–water partition coefficient (Wildman–Crippen LogP) is 20.9. The molecule has 6 nitrogen and oxygen atoms in total. The number of esters is 3. The van der Waals surface area contributed by atoms with Gasteiger partial charge < -0.3 is 14.2 Å². The molecule has 0 unspecified atom stereocenters. The van der Waals surface area contributed by atoms with Crippen LogP contribution in [0.4, 0.5) is 0 Å². The maximum atomic E-state index is 12.9. The van der Waals surface area contributed by atoms with Crippen molar-refractivity contribution in [3.8, 4) is 0 Å². The van der Waals surface area contributed by atoms with Gasteiger partial charge in [0.15, 0.2) is 6.10 Å². The molecule has 418 valence electrons. The summed E-state index contributed by atoms with van der Waals surface area (Å²) in [6.07, 6.45) is 81.2. The summed E-state index contributed by atoms with van der Waals surface area (Å²) in [7, 11) is 0. The maximum absolute atomic E-state index is 12.9. The van der Waals surface area contributed by atoms with Crippen LogP contribution < -0.4 is 0 Å². The monoisotopic (exact) mass is 1010 g/mol. The highest BCUT2D eigenvalue weighted by Gasteiger charge is 2.19. The third-order valence-corrected chi connectivity index (χ3v) is 13.1. The molecule has 0 heterocycles. The first-order valence-electron chi connectivity index (χ1n) is 30.7. The molecule has 6 heteroatoms. The highest BCUT2D eigenvalue weighted by molar-refractivity contribution is 5.71. The fourth-order valence-corrected chi connectivity index (χ4v) is 8.42. The van der Waals surface area contributed by atoms with Crippen LogP contribution in [-0.4, -0.2) is 37.2 Å². The van der Waals surface area contributed by atoms with Gasteiger partial charge in [0, 0.05) is 19.3 Å². The van der Waals surface area contributed by atoms with Gasteiger partial charge in [-0.15, -0.1) is 0 Å². The number of rotatable bonds is 55. The summed E-state index contributed by atoms with van der Waals surface area (Å²) in [6.45, 7) is 6.53. The molecule has 0 saturated carbocycles. The van der Waals surface area contributed by atoms with Gasteiger partial charge in [0.25, 0.3) is 0 Å². The van der Waals surface area contributed by atoms with Gasteiger partial charge in [-0.2, -0.15) is 0 Å². The molecule has 0 rings (SSSR count). The quantitative estimate of drug-likeness (QED) is 0.0261. The number of ether oxygens (including phenoxy) is 3. The first-order valence-corrected chi connectivity index (χ1v) is 30.7. The van der Waals surface area contributed by atoms with E-state index in [2.05, 4.69) is 118 Å². The molecular formula is C67H114O6. The second kappa shape index (κ2) is 60.9. The molecule has 0 spiro atoms. The highest BCUT2D eigenvalue weighted by atomic mass is 16.6. The van der Waals surface area contributed by atoms with Crippen LogP contribution in [0.5, 0.6) is 0 Å². The lowest BCUT2D eigenvalue weighted by molar-refractivity contribution is -0.167. The van der Waals surface area contributed by atoms with Crippen molar-refractivity contribution < 1.29 is 28.6 Å². The second-order valence-corrected chi connectivity index (χ2v) is 20.3. The molecule has 0 aliphatic rings. The smallest absolute Gasteiger partial charge is 0.306 e. The van der Waals surface area contributed by atoms with E-state index in [0.29, 0.717) is 19.3 Å². The van der Waals surface area contributed by atoms with E-state index in [9.17, 15) is 14.4 Å². The van der Waals surface area contributed by atoms with Crippen LogP contribution in [0.15, 0.2) is 97.2 Å². The number of hydrogen-bond acceptors (Lipinski definition) is 6.